The second kappa shape index (κ2) is 8.43. The number of benzene rings is 2. The molecule has 0 aliphatic heterocycles. The molecule has 0 saturated carbocycles. The Morgan fingerprint density at radius 2 is 1.72 bits per heavy atom. The molecule has 0 fully saturated rings. The highest BCUT2D eigenvalue weighted by molar-refractivity contribution is 7.98. The maximum Gasteiger partial charge on any atom is 0.282 e. The third-order valence-corrected chi connectivity index (χ3v) is 6.00. The summed E-state index contributed by atoms with van der Waals surface area (Å²) >= 11 is 7.57. The molecule has 0 radical (unpaired) electrons. The van der Waals surface area contributed by atoms with Crippen LogP contribution in [0.2, 0.25) is 5.02 Å². The van der Waals surface area contributed by atoms with Crippen molar-refractivity contribution in [3.8, 4) is 0 Å². The summed E-state index contributed by atoms with van der Waals surface area (Å²) in [5, 5.41) is 5.77. The molecule has 7 heteroatoms. The van der Waals surface area contributed by atoms with E-state index >= 15 is 0 Å². The number of rotatable bonds is 6. The Bertz CT molecular complexity index is 1200. The number of hydrogen-bond donors (Lipinski definition) is 0. The Hall–Kier alpha value is -2.57. The van der Waals surface area contributed by atoms with Gasteiger partial charge in [-0.05, 0) is 37.1 Å². The van der Waals surface area contributed by atoms with Crippen LogP contribution in [0.4, 0.5) is 0 Å². The van der Waals surface area contributed by atoms with Gasteiger partial charge in [0.15, 0.2) is 10.7 Å². The minimum atomic E-state index is -0.122. The second-order valence-corrected chi connectivity index (χ2v) is 8.28. The minimum absolute atomic E-state index is 0.122. The standard InChI is InChI=1S/C22H21ClN4OS/c1-3-26-13-19-20(25-26)21(28)27(12-16-8-10-18(23)11-9-16)22(24-19)29-14-17-6-4-15(2)5-7-17/h4-11,13H,3,12,14H2,1-2H3. The van der Waals surface area contributed by atoms with Crippen molar-refractivity contribution < 1.29 is 0 Å². The molecule has 0 bridgehead atoms. The lowest BCUT2D eigenvalue weighted by molar-refractivity contribution is 0.650. The third-order valence-electron chi connectivity index (χ3n) is 4.70. The summed E-state index contributed by atoms with van der Waals surface area (Å²) in [6.45, 7) is 5.18. The van der Waals surface area contributed by atoms with E-state index in [2.05, 4.69) is 36.3 Å². The van der Waals surface area contributed by atoms with Crippen LogP contribution in [0.5, 0.6) is 0 Å². The SMILES string of the molecule is CCn1cc2nc(SCc3ccc(C)cc3)n(Cc3ccc(Cl)cc3)c(=O)c2n1. The van der Waals surface area contributed by atoms with Crippen LogP contribution in [0.1, 0.15) is 23.6 Å². The predicted octanol–water partition coefficient (Wildman–Crippen LogP) is 4.92. The van der Waals surface area contributed by atoms with E-state index in [1.807, 2.05) is 37.4 Å². The smallest absolute Gasteiger partial charge is 0.281 e. The topological polar surface area (TPSA) is 52.7 Å². The van der Waals surface area contributed by atoms with Crippen molar-refractivity contribution in [2.75, 3.05) is 0 Å². The number of fused-ring (bicyclic) bond motifs is 1. The summed E-state index contributed by atoms with van der Waals surface area (Å²) in [5.41, 5.74) is 4.33. The van der Waals surface area contributed by atoms with Crippen molar-refractivity contribution >= 4 is 34.4 Å². The molecule has 29 heavy (non-hydrogen) atoms. The third kappa shape index (κ3) is 4.38. The lowest BCUT2D eigenvalue weighted by atomic mass is 10.2. The molecule has 0 unspecified atom stereocenters. The van der Waals surface area contributed by atoms with E-state index in [1.165, 1.54) is 11.1 Å². The molecular formula is C22H21ClN4OS. The first-order valence-corrected chi connectivity index (χ1v) is 10.8. The largest absolute Gasteiger partial charge is 0.282 e. The van der Waals surface area contributed by atoms with Crippen molar-refractivity contribution in [3.63, 3.8) is 0 Å². The maximum atomic E-state index is 13.2. The van der Waals surface area contributed by atoms with E-state index < -0.39 is 0 Å². The van der Waals surface area contributed by atoms with E-state index in [-0.39, 0.29) is 5.56 Å². The monoisotopic (exact) mass is 424 g/mol. The van der Waals surface area contributed by atoms with Crippen molar-refractivity contribution in [2.24, 2.45) is 0 Å². The van der Waals surface area contributed by atoms with Crippen molar-refractivity contribution in [3.05, 3.63) is 86.8 Å². The Morgan fingerprint density at radius 1 is 1.03 bits per heavy atom. The first-order chi connectivity index (χ1) is 14.0. The summed E-state index contributed by atoms with van der Waals surface area (Å²) in [4.78, 5) is 18.0. The molecule has 4 rings (SSSR count). The molecule has 148 valence electrons. The average molecular weight is 425 g/mol. The molecule has 0 spiro atoms. The normalized spacial score (nSPS) is 11.3. The number of halogens is 1. The van der Waals surface area contributed by atoms with Gasteiger partial charge < -0.3 is 0 Å². The number of aromatic nitrogens is 4. The van der Waals surface area contributed by atoms with Crippen LogP contribution in [0, 0.1) is 6.92 Å². The van der Waals surface area contributed by atoms with E-state index in [4.69, 9.17) is 16.6 Å². The zero-order valence-electron chi connectivity index (χ0n) is 16.3. The molecule has 0 amide bonds. The first kappa shape index (κ1) is 19.7. The second-order valence-electron chi connectivity index (χ2n) is 6.91. The Kier molecular flexibility index (Phi) is 5.74. The molecule has 0 aliphatic carbocycles. The van der Waals surface area contributed by atoms with Crippen LogP contribution in [0.3, 0.4) is 0 Å². The minimum Gasteiger partial charge on any atom is -0.281 e. The zero-order valence-corrected chi connectivity index (χ0v) is 17.9. The van der Waals surface area contributed by atoms with Gasteiger partial charge in [-0.1, -0.05) is 65.3 Å². The number of nitrogens with zero attached hydrogens (tertiary/aromatic N) is 4. The molecule has 0 saturated heterocycles. The Morgan fingerprint density at radius 3 is 2.41 bits per heavy atom. The molecule has 4 aromatic rings. The molecule has 5 nitrogen and oxygen atoms in total. The first-order valence-electron chi connectivity index (χ1n) is 9.44. The molecule has 2 aromatic heterocycles. The predicted molar refractivity (Wildman–Crippen MR) is 119 cm³/mol. The van der Waals surface area contributed by atoms with Crippen molar-refractivity contribution in [1.29, 1.82) is 0 Å². The zero-order chi connectivity index (χ0) is 20.4. The lowest BCUT2D eigenvalue weighted by Crippen LogP contribution is -2.24. The van der Waals surface area contributed by atoms with Gasteiger partial charge in [-0.25, -0.2) is 4.98 Å². The summed E-state index contributed by atoms with van der Waals surface area (Å²) < 4.78 is 3.46. The quantitative estimate of drug-likeness (QED) is 0.326. The van der Waals surface area contributed by atoms with Gasteiger partial charge in [0.1, 0.15) is 5.52 Å². The fourth-order valence-electron chi connectivity index (χ4n) is 3.04. The molecule has 0 atom stereocenters. The van der Waals surface area contributed by atoms with Gasteiger partial charge in [0.2, 0.25) is 0 Å². The van der Waals surface area contributed by atoms with Gasteiger partial charge in [-0.2, -0.15) is 5.10 Å². The molecular weight excluding hydrogens is 404 g/mol. The van der Waals surface area contributed by atoms with Gasteiger partial charge in [-0.3, -0.25) is 14.0 Å². The number of thioether (sulfide) groups is 1. The maximum absolute atomic E-state index is 13.2. The number of aryl methyl sites for hydroxylation is 2. The average Bonchev–Trinajstić information content (AvgIpc) is 3.15. The van der Waals surface area contributed by atoms with E-state index in [0.29, 0.717) is 34.3 Å². The highest BCUT2D eigenvalue weighted by atomic mass is 35.5. The van der Waals surface area contributed by atoms with Crippen LogP contribution in [-0.2, 0) is 18.8 Å². The van der Waals surface area contributed by atoms with Gasteiger partial charge in [-0.15, -0.1) is 0 Å². The summed E-state index contributed by atoms with van der Waals surface area (Å²) in [6.07, 6.45) is 1.83. The van der Waals surface area contributed by atoms with Crippen LogP contribution >= 0.6 is 23.4 Å². The Labute approximate surface area is 178 Å². The molecule has 0 N–H and O–H groups in total. The lowest BCUT2D eigenvalue weighted by Gasteiger charge is -2.12. The van der Waals surface area contributed by atoms with E-state index in [0.717, 1.165) is 11.3 Å². The van der Waals surface area contributed by atoms with Gasteiger partial charge in [0, 0.05) is 17.3 Å². The van der Waals surface area contributed by atoms with Gasteiger partial charge in [0.25, 0.3) is 5.56 Å². The molecule has 0 aliphatic rings. The van der Waals surface area contributed by atoms with Crippen LogP contribution < -0.4 is 5.56 Å². The van der Waals surface area contributed by atoms with Crippen molar-refractivity contribution in [1.82, 2.24) is 19.3 Å². The van der Waals surface area contributed by atoms with Crippen LogP contribution in [-0.4, -0.2) is 19.3 Å². The summed E-state index contributed by atoms with van der Waals surface area (Å²) in [7, 11) is 0. The molecule has 2 heterocycles. The number of hydrogen-bond acceptors (Lipinski definition) is 4. The van der Waals surface area contributed by atoms with E-state index in [1.54, 1.807) is 21.0 Å². The van der Waals surface area contributed by atoms with Gasteiger partial charge >= 0.3 is 0 Å². The van der Waals surface area contributed by atoms with Gasteiger partial charge in [0.05, 0.1) is 12.7 Å². The van der Waals surface area contributed by atoms with Crippen molar-refractivity contribution in [2.45, 2.75) is 37.8 Å². The summed E-state index contributed by atoms with van der Waals surface area (Å²) in [6, 6.07) is 15.9. The molecule has 2 aromatic carbocycles. The fourth-order valence-corrected chi connectivity index (χ4v) is 4.12. The van der Waals surface area contributed by atoms with Crippen LogP contribution in [0.25, 0.3) is 11.0 Å². The highest BCUT2D eigenvalue weighted by Crippen LogP contribution is 2.23. The summed E-state index contributed by atoms with van der Waals surface area (Å²) in [5.74, 6) is 0.737. The Balaban J connectivity index is 1.73. The highest BCUT2D eigenvalue weighted by Gasteiger charge is 2.15. The van der Waals surface area contributed by atoms with E-state index in [9.17, 15) is 4.79 Å². The fraction of sp³-hybridized carbons (Fsp3) is 0.227. The van der Waals surface area contributed by atoms with Crippen LogP contribution in [0.15, 0.2) is 64.7 Å².